The molecule has 8 heteroatoms. The zero-order valence-corrected chi connectivity index (χ0v) is 12.3. The molecule has 0 bridgehead atoms. The molecule has 2 aromatic rings. The summed E-state index contributed by atoms with van der Waals surface area (Å²) in [6, 6.07) is 6.32. The summed E-state index contributed by atoms with van der Waals surface area (Å²) < 4.78 is 9.86. The van der Waals surface area contributed by atoms with E-state index in [1.807, 2.05) is 0 Å². The number of carbonyl (C=O) groups excluding carboxylic acids is 3. The minimum absolute atomic E-state index is 0.137. The molecule has 0 saturated carbocycles. The van der Waals surface area contributed by atoms with Crippen LogP contribution in [0.25, 0.3) is 0 Å². The SMILES string of the molecule is O=C(CCNC(=O)c1ccco1)NCCNC(=O)c1ccco1. The predicted octanol–water partition coefficient (Wildman–Crippen LogP) is 0.539. The van der Waals surface area contributed by atoms with E-state index in [0.29, 0.717) is 0 Å². The Kier molecular flexibility index (Phi) is 5.98. The molecule has 2 heterocycles. The molecule has 0 atom stereocenters. The maximum atomic E-state index is 11.6. The third kappa shape index (κ3) is 5.34. The van der Waals surface area contributed by atoms with Gasteiger partial charge in [-0.1, -0.05) is 0 Å². The third-order valence-corrected chi connectivity index (χ3v) is 2.86. The van der Waals surface area contributed by atoms with Crippen molar-refractivity contribution in [3.8, 4) is 0 Å². The van der Waals surface area contributed by atoms with Crippen LogP contribution in [0.3, 0.4) is 0 Å². The van der Waals surface area contributed by atoms with E-state index in [1.165, 1.54) is 18.6 Å². The molecule has 2 rings (SSSR count). The average Bonchev–Trinajstić information content (AvgIpc) is 3.24. The smallest absolute Gasteiger partial charge is 0.287 e. The summed E-state index contributed by atoms with van der Waals surface area (Å²) in [6.07, 6.45) is 2.95. The van der Waals surface area contributed by atoms with E-state index in [2.05, 4.69) is 16.0 Å². The fraction of sp³-hybridized carbons (Fsp3) is 0.267. The fourth-order valence-corrected chi connectivity index (χ4v) is 1.75. The first-order valence-electron chi connectivity index (χ1n) is 7.07. The zero-order valence-electron chi connectivity index (χ0n) is 12.3. The maximum absolute atomic E-state index is 11.6. The highest BCUT2D eigenvalue weighted by molar-refractivity contribution is 5.92. The van der Waals surface area contributed by atoms with Gasteiger partial charge in [-0.05, 0) is 24.3 Å². The molecule has 3 amide bonds. The summed E-state index contributed by atoms with van der Waals surface area (Å²) in [7, 11) is 0. The van der Waals surface area contributed by atoms with Crippen molar-refractivity contribution in [2.24, 2.45) is 0 Å². The zero-order chi connectivity index (χ0) is 16.5. The van der Waals surface area contributed by atoms with Crippen molar-refractivity contribution in [1.29, 1.82) is 0 Å². The second-order valence-electron chi connectivity index (χ2n) is 4.57. The van der Waals surface area contributed by atoms with E-state index < -0.39 is 0 Å². The molecule has 8 nitrogen and oxygen atoms in total. The Labute approximate surface area is 132 Å². The molecule has 0 fully saturated rings. The summed E-state index contributed by atoms with van der Waals surface area (Å²) >= 11 is 0. The average molecular weight is 319 g/mol. The van der Waals surface area contributed by atoms with Gasteiger partial charge in [0.15, 0.2) is 11.5 Å². The number of hydrogen-bond acceptors (Lipinski definition) is 5. The lowest BCUT2D eigenvalue weighted by Crippen LogP contribution is -2.36. The molecule has 23 heavy (non-hydrogen) atoms. The van der Waals surface area contributed by atoms with Crippen molar-refractivity contribution in [3.63, 3.8) is 0 Å². The summed E-state index contributed by atoms with van der Waals surface area (Å²) in [5.41, 5.74) is 0. The monoisotopic (exact) mass is 319 g/mol. The Morgan fingerprint density at radius 3 is 1.83 bits per heavy atom. The second kappa shape index (κ2) is 8.42. The molecule has 0 aliphatic rings. The van der Waals surface area contributed by atoms with Gasteiger partial charge in [-0.2, -0.15) is 0 Å². The largest absolute Gasteiger partial charge is 0.459 e. The van der Waals surface area contributed by atoms with Crippen LogP contribution >= 0.6 is 0 Å². The molecule has 0 saturated heterocycles. The quantitative estimate of drug-likeness (QED) is 0.615. The summed E-state index contributed by atoms with van der Waals surface area (Å²) in [5.74, 6) is -0.511. The maximum Gasteiger partial charge on any atom is 0.287 e. The Balaban J connectivity index is 1.53. The molecule has 0 aliphatic heterocycles. The van der Waals surface area contributed by atoms with Gasteiger partial charge in [0.25, 0.3) is 11.8 Å². The minimum atomic E-state index is -0.367. The first-order chi connectivity index (χ1) is 11.2. The van der Waals surface area contributed by atoms with Crippen LogP contribution < -0.4 is 16.0 Å². The van der Waals surface area contributed by atoms with Crippen LogP contribution in [0.15, 0.2) is 45.6 Å². The van der Waals surface area contributed by atoms with Gasteiger partial charge in [-0.15, -0.1) is 0 Å². The number of nitrogens with one attached hydrogen (secondary N) is 3. The van der Waals surface area contributed by atoms with Crippen molar-refractivity contribution < 1.29 is 23.2 Å². The number of hydrogen-bond donors (Lipinski definition) is 3. The second-order valence-corrected chi connectivity index (χ2v) is 4.57. The Bertz CT molecular complexity index is 634. The number of carbonyl (C=O) groups is 3. The van der Waals surface area contributed by atoms with Gasteiger partial charge in [-0.25, -0.2) is 0 Å². The van der Waals surface area contributed by atoms with Crippen LogP contribution in [0, 0.1) is 0 Å². The molecule has 0 aromatic carbocycles. The van der Waals surface area contributed by atoms with Gasteiger partial charge < -0.3 is 24.8 Å². The lowest BCUT2D eigenvalue weighted by molar-refractivity contribution is -0.120. The van der Waals surface area contributed by atoms with Gasteiger partial charge in [0, 0.05) is 26.1 Å². The molecule has 3 N–H and O–H groups in total. The molecule has 0 spiro atoms. The summed E-state index contributed by atoms with van der Waals surface area (Å²) in [5, 5.41) is 7.80. The molecule has 0 aliphatic carbocycles. The Morgan fingerprint density at radius 1 is 0.783 bits per heavy atom. The Hall–Kier alpha value is -3.03. The fourth-order valence-electron chi connectivity index (χ4n) is 1.75. The summed E-state index contributed by atoms with van der Waals surface area (Å²) in [4.78, 5) is 34.6. The van der Waals surface area contributed by atoms with Gasteiger partial charge in [0.05, 0.1) is 12.5 Å². The van der Waals surface area contributed by atoms with Crippen molar-refractivity contribution in [3.05, 3.63) is 48.3 Å². The van der Waals surface area contributed by atoms with E-state index in [-0.39, 0.29) is 55.3 Å². The highest BCUT2D eigenvalue weighted by Crippen LogP contribution is 1.99. The summed E-state index contributed by atoms with van der Waals surface area (Å²) in [6.45, 7) is 0.769. The van der Waals surface area contributed by atoms with Crippen LogP contribution in [0.1, 0.15) is 27.5 Å². The lowest BCUT2D eigenvalue weighted by Gasteiger charge is -2.06. The molecule has 0 radical (unpaired) electrons. The highest BCUT2D eigenvalue weighted by atomic mass is 16.3. The van der Waals surface area contributed by atoms with Gasteiger partial charge >= 0.3 is 0 Å². The van der Waals surface area contributed by atoms with Crippen LogP contribution in [-0.4, -0.2) is 37.4 Å². The Morgan fingerprint density at radius 2 is 1.30 bits per heavy atom. The van der Waals surface area contributed by atoms with Crippen molar-refractivity contribution in [1.82, 2.24) is 16.0 Å². The van der Waals surface area contributed by atoms with Crippen LogP contribution in [0.4, 0.5) is 0 Å². The van der Waals surface area contributed by atoms with E-state index in [1.54, 1.807) is 18.2 Å². The van der Waals surface area contributed by atoms with E-state index in [0.717, 1.165) is 0 Å². The lowest BCUT2D eigenvalue weighted by atomic mass is 10.3. The first kappa shape index (κ1) is 16.3. The highest BCUT2D eigenvalue weighted by Gasteiger charge is 2.09. The predicted molar refractivity (Wildman–Crippen MR) is 79.7 cm³/mol. The molecule has 122 valence electrons. The molecule has 0 unspecified atom stereocenters. The van der Waals surface area contributed by atoms with Gasteiger partial charge in [0.1, 0.15) is 0 Å². The van der Waals surface area contributed by atoms with E-state index in [9.17, 15) is 14.4 Å². The van der Waals surface area contributed by atoms with Crippen molar-refractivity contribution in [2.75, 3.05) is 19.6 Å². The number of furan rings is 2. The van der Waals surface area contributed by atoms with Gasteiger partial charge in [-0.3, -0.25) is 14.4 Å². The third-order valence-electron chi connectivity index (χ3n) is 2.86. The van der Waals surface area contributed by atoms with Gasteiger partial charge in [0.2, 0.25) is 5.91 Å². The molecular weight excluding hydrogens is 302 g/mol. The standard InChI is InChI=1S/C15H17N3O5/c19-13(5-6-17-14(20)11-3-1-9-22-11)16-7-8-18-15(21)12-4-2-10-23-12/h1-4,9-10H,5-8H2,(H,16,19)(H,17,20)(H,18,21). The number of rotatable bonds is 8. The molecular formula is C15H17N3O5. The number of amides is 3. The molecule has 2 aromatic heterocycles. The van der Waals surface area contributed by atoms with Crippen LogP contribution in [0.2, 0.25) is 0 Å². The van der Waals surface area contributed by atoms with Crippen molar-refractivity contribution in [2.45, 2.75) is 6.42 Å². The van der Waals surface area contributed by atoms with Crippen molar-refractivity contribution >= 4 is 17.7 Å². The normalized spacial score (nSPS) is 10.1. The van der Waals surface area contributed by atoms with E-state index >= 15 is 0 Å². The topological polar surface area (TPSA) is 114 Å². The van der Waals surface area contributed by atoms with Crippen LogP contribution in [-0.2, 0) is 4.79 Å². The first-order valence-corrected chi connectivity index (χ1v) is 7.07. The van der Waals surface area contributed by atoms with E-state index in [4.69, 9.17) is 8.83 Å². The minimum Gasteiger partial charge on any atom is -0.459 e. The van der Waals surface area contributed by atoms with Crippen LogP contribution in [0.5, 0.6) is 0 Å².